The van der Waals surface area contributed by atoms with E-state index in [0.29, 0.717) is 18.1 Å². The summed E-state index contributed by atoms with van der Waals surface area (Å²) in [5, 5.41) is 29.9. The third-order valence-corrected chi connectivity index (χ3v) is 3.30. The first-order valence-corrected chi connectivity index (χ1v) is 6.17. The van der Waals surface area contributed by atoms with E-state index in [1.54, 1.807) is 0 Å². The fraction of sp³-hybridized carbons (Fsp3) is 0.889. The summed E-state index contributed by atoms with van der Waals surface area (Å²) >= 11 is 1.19. The Labute approximate surface area is 99.1 Å². The van der Waals surface area contributed by atoms with Crippen molar-refractivity contribution in [1.29, 1.82) is 5.41 Å². The minimum Gasteiger partial charge on any atom is -0.390 e. The van der Waals surface area contributed by atoms with Crippen molar-refractivity contribution >= 4 is 16.9 Å². The lowest BCUT2D eigenvalue weighted by Gasteiger charge is -2.36. The van der Waals surface area contributed by atoms with Gasteiger partial charge in [0, 0.05) is 19.5 Å². The summed E-state index contributed by atoms with van der Waals surface area (Å²) in [4.78, 5) is 0. The first kappa shape index (κ1) is 13.7. The molecule has 0 radical (unpaired) electrons. The largest absolute Gasteiger partial charge is 0.390 e. The highest BCUT2D eigenvalue weighted by Gasteiger charge is 2.36. The maximum Gasteiger partial charge on any atom is 0.156 e. The molecule has 1 aliphatic rings. The number of aliphatic hydroxyl groups excluding tert-OH is 2. The molecule has 0 aromatic heterocycles. The Hall–Kier alpha value is -0.340. The number of hydrogen-bond donors (Lipinski definition) is 5. The summed E-state index contributed by atoms with van der Waals surface area (Å²) < 4.78 is 5.48. The molecule has 0 saturated carbocycles. The van der Waals surface area contributed by atoms with Crippen molar-refractivity contribution in [1.82, 2.24) is 5.32 Å². The molecule has 1 heterocycles. The number of ether oxygens (including phenoxy) is 1. The van der Waals surface area contributed by atoms with Crippen LogP contribution in [0.15, 0.2) is 0 Å². The maximum atomic E-state index is 9.60. The number of nitrogens with two attached hydrogens (primary N) is 1. The minimum atomic E-state index is -0.935. The fourth-order valence-corrected chi connectivity index (χ4v) is 2.50. The van der Waals surface area contributed by atoms with Crippen molar-refractivity contribution in [2.75, 3.05) is 13.1 Å². The molecule has 0 aliphatic carbocycles. The van der Waals surface area contributed by atoms with E-state index in [-0.39, 0.29) is 12.0 Å². The third kappa shape index (κ3) is 3.60. The van der Waals surface area contributed by atoms with E-state index in [1.165, 1.54) is 11.8 Å². The monoisotopic (exact) mass is 249 g/mol. The van der Waals surface area contributed by atoms with Gasteiger partial charge in [-0.3, -0.25) is 5.41 Å². The van der Waals surface area contributed by atoms with E-state index in [4.69, 9.17) is 15.9 Å². The van der Waals surface area contributed by atoms with E-state index in [0.717, 1.165) is 0 Å². The van der Waals surface area contributed by atoms with Gasteiger partial charge in [-0.05, 0) is 6.92 Å². The number of nitrogens with one attached hydrogen (secondary N) is 2. The van der Waals surface area contributed by atoms with Crippen molar-refractivity contribution in [2.24, 2.45) is 5.73 Å². The average Bonchev–Trinajstić information content (AvgIpc) is 2.23. The van der Waals surface area contributed by atoms with E-state index in [2.05, 4.69) is 5.32 Å². The van der Waals surface area contributed by atoms with Crippen LogP contribution in [0.3, 0.4) is 0 Å². The van der Waals surface area contributed by atoms with Crippen LogP contribution < -0.4 is 11.1 Å². The predicted molar refractivity (Wildman–Crippen MR) is 63.3 cm³/mol. The van der Waals surface area contributed by atoms with Crippen LogP contribution in [0.4, 0.5) is 0 Å². The van der Waals surface area contributed by atoms with Crippen molar-refractivity contribution in [2.45, 2.75) is 37.1 Å². The molecule has 2 unspecified atom stereocenters. The molecule has 16 heavy (non-hydrogen) atoms. The second-order valence-corrected chi connectivity index (χ2v) is 4.78. The van der Waals surface area contributed by atoms with Gasteiger partial charge >= 0.3 is 0 Å². The highest BCUT2D eigenvalue weighted by atomic mass is 32.2. The van der Waals surface area contributed by atoms with Crippen LogP contribution >= 0.6 is 11.8 Å². The van der Waals surface area contributed by atoms with E-state index >= 15 is 0 Å². The summed E-state index contributed by atoms with van der Waals surface area (Å²) in [7, 11) is 0. The van der Waals surface area contributed by atoms with Gasteiger partial charge in [-0.25, -0.2) is 0 Å². The lowest BCUT2D eigenvalue weighted by molar-refractivity contribution is -0.140. The summed E-state index contributed by atoms with van der Waals surface area (Å²) in [6, 6.07) is 0. The Balaban J connectivity index is 2.47. The molecule has 1 fully saturated rings. The summed E-state index contributed by atoms with van der Waals surface area (Å²) in [5.74, 6) is 0. The van der Waals surface area contributed by atoms with Crippen LogP contribution in [0.5, 0.6) is 0 Å². The molecule has 6 N–H and O–H groups in total. The summed E-state index contributed by atoms with van der Waals surface area (Å²) in [6.07, 6.45) is -2.03. The quantitative estimate of drug-likeness (QED) is 0.326. The van der Waals surface area contributed by atoms with Crippen molar-refractivity contribution in [3.8, 4) is 0 Å². The van der Waals surface area contributed by atoms with Crippen LogP contribution in [0.2, 0.25) is 0 Å². The molecule has 94 valence electrons. The zero-order chi connectivity index (χ0) is 12.1. The molecule has 6 nitrogen and oxygen atoms in total. The zero-order valence-corrected chi connectivity index (χ0v) is 10.0. The first-order chi connectivity index (χ1) is 7.58. The van der Waals surface area contributed by atoms with Crippen molar-refractivity contribution in [3.63, 3.8) is 0 Å². The lowest BCUT2D eigenvalue weighted by Crippen LogP contribution is -2.50. The highest BCUT2D eigenvalue weighted by Crippen LogP contribution is 2.27. The fourth-order valence-electron chi connectivity index (χ4n) is 1.52. The number of rotatable bonds is 3. The van der Waals surface area contributed by atoms with Crippen LogP contribution in [-0.4, -0.2) is 52.2 Å². The second kappa shape index (κ2) is 6.41. The van der Waals surface area contributed by atoms with Crippen LogP contribution in [-0.2, 0) is 4.74 Å². The Morgan fingerprint density at radius 1 is 1.62 bits per heavy atom. The molecule has 1 aliphatic heterocycles. The Kier molecular flexibility index (Phi) is 5.50. The van der Waals surface area contributed by atoms with Gasteiger partial charge in [0.25, 0.3) is 0 Å². The van der Waals surface area contributed by atoms with Gasteiger partial charge in [0.15, 0.2) is 5.17 Å². The standard InChI is InChI=1S/C9H19N3O3S/c1-2-12-9(11)16-7-3-5(13)8(14)6(4-10)15-7/h5-8,13-14H,2-4,10H2,1H3,(H2,11,12)/t5?,6?,7-,8+/m1/s1. The Bertz CT molecular complexity index is 242. The van der Waals surface area contributed by atoms with Gasteiger partial charge in [0.2, 0.25) is 0 Å². The molecule has 4 atom stereocenters. The molecule has 0 spiro atoms. The van der Waals surface area contributed by atoms with Gasteiger partial charge in [0.1, 0.15) is 11.5 Å². The molecule has 0 amide bonds. The third-order valence-electron chi connectivity index (χ3n) is 2.35. The second-order valence-electron chi connectivity index (χ2n) is 3.61. The number of thioether (sulfide) groups is 1. The SMILES string of the molecule is CCNC(=N)S[C@@H]1CC(O)[C@H](O)C(CN)O1. The van der Waals surface area contributed by atoms with Gasteiger partial charge in [-0.2, -0.15) is 0 Å². The number of amidine groups is 1. The highest BCUT2D eigenvalue weighted by molar-refractivity contribution is 8.14. The average molecular weight is 249 g/mol. The number of aliphatic hydroxyl groups is 2. The van der Waals surface area contributed by atoms with Crippen LogP contribution in [0.25, 0.3) is 0 Å². The zero-order valence-electron chi connectivity index (χ0n) is 9.22. The van der Waals surface area contributed by atoms with Gasteiger partial charge in [-0.1, -0.05) is 11.8 Å². The van der Waals surface area contributed by atoms with Crippen molar-refractivity contribution < 1.29 is 14.9 Å². The Morgan fingerprint density at radius 3 is 2.88 bits per heavy atom. The van der Waals surface area contributed by atoms with Crippen molar-refractivity contribution in [3.05, 3.63) is 0 Å². The maximum absolute atomic E-state index is 9.60. The van der Waals surface area contributed by atoms with Gasteiger partial charge in [-0.15, -0.1) is 0 Å². The number of hydrogen-bond acceptors (Lipinski definition) is 6. The molecule has 0 aromatic rings. The predicted octanol–water partition coefficient (Wildman–Crippen LogP) is -0.941. The molecular formula is C9H19N3O3S. The molecule has 1 saturated heterocycles. The summed E-state index contributed by atoms with van der Waals surface area (Å²) in [6.45, 7) is 2.73. The summed E-state index contributed by atoms with van der Waals surface area (Å²) in [5.41, 5.74) is 5.10. The van der Waals surface area contributed by atoms with E-state index < -0.39 is 18.3 Å². The normalized spacial score (nSPS) is 34.8. The van der Waals surface area contributed by atoms with Crippen LogP contribution in [0.1, 0.15) is 13.3 Å². The molecule has 7 heteroatoms. The smallest absolute Gasteiger partial charge is 0.156 e. The van der Waals surface area contributed by atoms with Gasteiger partial charge < -0.3 is 26.0 Å². The molecule has 1 rings (SSSR count). The van der Waals surface area contributed by atoms with Crippen LogP contribution in [0, 0.1) is 5.41 Å². The lowest BCUT2D eigenvalue weighted by atomic mass is 10.0. The Morgan fingerprint density at radius 2 is 2.31 bits per heavy atom. The minimum absolute atomic E-state index is 0.157. The molecular weight excluding hydrogens is 230 g/mol. The molecule has 0 aromatic carbocycles. The van der Waals surface area contributed by atoms with E-state index in [1.807, 2.05) is 6.92 Å². The van der Waals surface area contributed by atoms with Gasteiger partial charge in [0.05, 0.1) is 12.2 Å². The first-order valence-electron chi connectivity index (χ1n) is 5.29. The molecule has 0 bridgehead atoms. The topological polar surface area (TPSA) is 112 Å². The van der Waals surface area contributed by atoms with E-state index in [9.17, 15) is 10.2 Å².